The minimum absolute atomic E-state index is 0.0319. The van der Waals surface area contributed by atoms with Crippen molar-refractivity contribution in [3.8, 4) is 0 Å². The van der Waals surface area contributed by atoms with Crippen LogP contribution in [0.3, 0.4) is 0 Å². The molecule has 0 bridgehead atoms. The number of fused-ring (bicyclic) bond motifs is 7. The molecule has 10 heteroatoms. The molecule has 1 aromatic carbocycles. The summed E-state index contributed by atoms with van der Waals surface area (Å²) in [6, 6.07) is 4.97. The number of hydrogen-bond donors (Lipinski definition) is 1. The predicted molar refractivity (Wildman–Crippen MR) is 210 cm³/mol. The maximum Gasteiger partial charge on any atom is 0.340 e. The van der Waals surface area contributed by atoms with Crippen LogP contribution in [-0.2, 0) is 24.1 Å². The van der Waals surface area contributed by atoms with Gasteiger partial charge in [0.15, 0.2) is 9.84 Å². The van der Waals surface area contributed by atoms with E-state index < -0.39 is 21.6 Å². The third-order valence-corrected chi connectivity index (χ3v) is 18.9. The highest BCUT2D eigenvalue weighted by Gasteiger charge is 2.70. The summed E-state index contributed by atoms with van der Waals surface area (Å²) in [4.78, 5) is 27.6. The van der Waals surface area contributed by atoms with Gasteiger partial charge in [0, 0.05) is 31.7 Å². The predicted octanol–water partition coefficient (Wildman–Crippen LogP) is 7.57. The number of nitrogens with zero attached hydrogens (tertiary/aromatic N) is 1. The van der Waals surface area contributed by atoms with Crippen molar-refractivity contribution in [3.05, 3.63) is 41.2 Å². The average molecular weight is 769 g/mol. The number of hydrogen-bond acceptors (Lipinski definition) is 8. The molecule has 6 aliphatic rings. The minimum Gasteiger partial charge on any atom is -0.469 e. The zero-order valence-corrected chi connectivity index (χ0v) is 34.9. The highest BCUT2D eigenvalue weighted by atomic mass is 32.2. The Morgan fingerprint density at radius 1 is 0.926 bits per heavy atom. The first-order valence-electron chi connectivity index (χ1n) is 20.7. The Balaban J connectivity index is 1.17. The lowest BCUT2D eigenvalue weighted by Crippen LogP contribution is -2.68. The number of benzene rings is 1. The molecule has 1 heterocycles. The van der Waals surface area contributed by atoms with Crippen LogP contribution in [0, 0.1) is 63.0 Å². The number of sulfone groups is 1. The lowest BCUT2D eigenvalue weighted by molar-refractivity contribution is -0.222. The van der Waals surface area contributed by atoms with E-state index in [-0.39, 0.29) is 62.1 Å². The summed E-state index contributed by atoms with van der Waals surface area (Å²) >= 11 is 0. The molecule has 1 N–H and O–H groups in total. The van der Waals surface area contributed by atoms with E-state index in [4.69, 9.17) is 9.47 Å². The molecule has 5 fully saturated rings. The van der Waals surface area contributed by atoms with Gasteiger partial charge in [0.25, 0.3) is 0 Å². The molecule has 1 unspecified atom stereocenters. The molecule has 1 aromatic rings. The lowest BCUT2D eigenvalue weighted by Gasteiger charge is -2.72. The molecule has 5 aliphatic carbocycles. The summed E-state index contributed by atoms with van der Waals surface area (Å²) < 4.78 is 49.6. The van der Waals surface area contributed by atoms with Gasteiger partial charge in [-0.15, -0.1) is 0 Å². The molecule has 10 atom stereocenters. The fourth-order valence-corrected chi connectivity index (χ4v) is 15.6. The van der Waals surface area contributed by atoms with Gasteiger partial charge in [0.05, 0.1) is 37.2 Å². The Morgan fingerprint density at radius 2 is 1.65 bits per heavy atom. The van der Waals surface area contributed by atoms with Crippen LogP contribution in [0.4, 0.5) is 4.39 Å². The summed E-state index contributed by atoms with van der Waals surface area (Å²) in [5.74, 6) is 1.11. The van der Waals surface area contributed by atoms with Gasteiger partial charge in [-0.1, -0.05) is 53.7 Å². The maximum absolute atomic E-state index is 15.2. The number of rotatable bonds is 8. The minimum atomic E-state index is -2.92. The van der Waals surface area contributed by atoms with Gasteiger partial charge >= 0.3 is 11.9 Å². The third-order valence-electron chi connectivity index (χ3n) is 17.3. The first kappa shape index (κ1) is 39.9. The van der Waals surface area contributed by atoms with Crippen LogP contribution < -0.4 is 5.32 Å². The molecule has 1 saturated heterocycles. The smallest absolute Gasteiger partial charge is 0.340 e. The molecule has 0 aromatic heterocycles. The van der Waals surface area contributed by atoms with E-state index in [1.165, 1.54) is 32.3 Å². The fraction of sp³-hybridized carbons (Fsp3) is 0.773. The van der Waals surface area contributed by atoms with Crippen molar-refractivity contribution >= 4 is 27.3 Å². The average Bonchev–Trinajstić information content (AvgIpc) is 3.51. The number of allylic oxidation sites excluding steroid dienone is 2. The molecule has 0 spiro atoms. The van der Waals surface area contributed by atoms with Gasteiger partial charge in [-0.25, -0.2) is 17.6 Å². The van der Waals surface area contributed by atoms with Crippen LogP contribution >= 0.6 is 0 Å². The van der Waals surface area contributed by atoms with Gasteiger partial charge < -0.3 is 19.7 Å². The quantitative estimate of drug-likeness (QED) is 0.271. The zero-order valence-electron chi connectivity index (χ0n) is 34.1. The fourth-order valence-electron chi connectivity index (χ4n) is 14.4. The van der Waals surface area contributed by atoms with Gasteiger partial charge in [-0.2, -0.15) is 0 Å². The first-order chi connectivity index (χ1) is 25.4. The number of methoxy groups -OCH3 is 2. The van der Waals surface area contributed by atoms with Crippen molar-refractivity contribution in [3.63, 3.8) is 0 Å². The molecule has 0 amide bonds. The topological polar surface area (TPSA) is 102 Å². The standard InChI is InChI=1S/C44H65FN2O6S/c1-28(38(48)52-7)30-13-18-44(46-21-22-47-23-25-54(50,51)26-24-47)20-19-42(5)33(37(30)44)11-12-36-41(4)16-14-32(40(2,3)35(41)15-17-43(36,42)6)29-9-10-31(34(45)27-29)39(49)53-8/h9-10,14,27-28,30,33,35-37,46H,11-13,15-26H2,1-8H3/t28?,30-,33+,35-,36+,37+,41-,42+,43+,44-/m0/s1. The molecule has 8 nitrogen and oxygen atoms in total. The summed E-state index contributed by atoms with van der Waals surface area (Å²) in [5.41, 5.74) is 2.11. The maximum atomic E-state index is 15.2. The Bertz CT molecular complexity index is 1780. The van der Waals surface area contributed by atoms with E-state index in [1.807, 2.05) is 6.07 Å². The Kier molecular flexibility index (Phi) is 10.3. The Hall–Kier alpha value is -2.30. The van der Waals surface area contributed by atoms with Crippen molar-refractivity contribution in [2.75, 3.05) is 51.9 Å². The summed E-state index contributed by atoms with van der Waals surface area (Å²) in [6.07, 6.45) is 12.3. The normalized spacial score (nSPS) is 40.2. The number of nitrogens with one attached hydrogen (secondary N) is 1. The number of carbonyl (C=O) groups excluding carboxylic acids is 2. The van der Waals surface area contributed by atoms with Crippen LogP contribution in [0.1, 0.15) is 115 Å². The van der Waals surface area contributed by atoms with E-state index in [0.717, 1.165) is 70.0 Å². The van der Waals surface area contributed by atoms with E-state index in [2.05, 4.69) is 57.8 Å². The molecular formula is C44H65FN2O6S. The van der Waals surface area contributed by atoms with E-state index in [1.54, 1.807) is 6.07 Å². The summed E-state index contributed by atoms with van der Waals surface area (Å²) in [6.45, 7) is 17.5. The van der Waals surface area contributed by atoms with E-state index in [0.29, 0.717) is 36.8 Å². The van der Waals surface area contributed by atoms with Gasteiger partial charge in [-0.3, -0.25) is 4.79 Å². The van der Waals surface area contributed by atoms with Crippen molar-refractivity contribution in [1.29, 1.82) is 0 Å². The van der Waals surface area contributed by atoms with Crippen molar-refractivity contribution in [2.24, 2.45) is 57.2 Å². The highest BCUT2D eigenvalue weighted by molar-refractivity contribution is 7.91. The van der Waals surface area contributed by atoms with Gasteiger partial charge in [0.1, 0.15) is 5.82 Å². The van der Waals surface area contributed by atoms with Gasteiger partial charge in [-0.05, 0) is 132 Å². The monoisotopic (exact) mass is 768 g/mol. The summed E-state index contributed by atoms with van der Waals surface area (Å²) in [7, 11) is -0.118. The molecule has 300 valence electrons. The zero-order chi connectivity index (χ0) is 39.1. The second-order valence-electron chi connectivity index (χ2n) is 19.5. The number of ether oxygens (including phenoxy) is 2. The lowest BCUT2D eigenvalue weighted by atomic mass is 9.33. The number of esters is 2. The molecule has 7 rings (SSSR count). The number of halogens is 1. The second kappa shape index (κ2) is 14.0. The highest BCUT2D eigenvalue weighted by Crippen LogP contribution is 2.76. The molecule has 1 aliphatic heterocycles. The van der Waals surface area contributed by atoms with Crippen LogP contribution in [-0.4, -0.2) is 82.7 Å². The Labute approximate surface area is 323 Å². The summed E-state index contributed by atoms with van der Waals surface area (Å²) in [5, 5.41) is 4.14. The van der Waals surface area contributed by atoms with Crippen molar-refractivity contribution < 1.29 is 31.9 Å². The van der Waals surface area contributed by atoms with Crippen LogP contribution in [0.2, 0.25) is 0 Å². The van der Waals surface area contributed by atoms with E-state index in [9.17, 15) is 18.0 Å². The van der Waals surface area contributed by atoms with E-state index >= 15 is 4.39 Å². The van der Waals surface area contributed by atoms with Crippen LogP contribution in [0.15, 0.2) is 24.3 Å². The van der Waals surface area contributed by atoms with Crippen molar-refractivity contribution in [1.82, 2.24) is 10.2 Å². The molecule has 54 heavy (non-hydrogen) atoms. The van der Waals surface area contributed by atoms with Crippen LogP contribution in [0.5, 0.6) is 0 Å². The third kappa shape index (κ3) is 6.13. The van der Waals surface area contributed by atoms with Crippen molar-refractivity contribution in [2.45, 2.75) is 105 Å². The first-order valence-corrected chi connectivity index (χ1v) is 22.5. The van der Waals surface area contributed by atoms with Gasteiger partial charge in [0.2, 0.25) is 0 Å². The SMILES string of the molecule is COC(=O)c1ccc(C2=CC[C@]3(C)[C@H]4CC[C@@H]5[C@H]6[C@H](C(C)C(=O)OC)CC[C@]6(NCCN6CCS(=O)(=O)CC6)CC[C@@]5(C)[C@]4(C)CC[C@H]3C2(C)C)cc1F. The number of carbonyl (C=O) groups is 2. The molecular weight excluding hydrogens is 704 g/mol. The van der Waals surface area contributed by atoms with Crippen LogP contribution in [0.25, 0.3) is 5.57 Å². The molecule has 0 radical (unpaired) electrons. The Morgan fingerprint density at radius 3 is 2.31 bits per heavy atom. The second-order valence-corrected chi connectivity index (χ2v) is 21.8. The molecule has 4 saturated carbocycles. The largest absolute Gasteiger partial charge is 0.469 e.